The first kappa shape index (κ1) is 16.6. The molecule has 0 spiro atoms. The maximum absolute atomic E-state index is 12.4. The van der Waals surface area contributed by atoms with Crippen molar-refractivity contribution in [1.29, 1.82) is 0 Å². The molecule has 6 nitrogen and oxygen atoms in total. The number of carbonyl (C=O) groups is 1. The van der Waals surface area contributed by atoms with E-state index in [4.69, 9.17) is 14.0 Å². The summed E-state index contributed by atoms with van der Waals surface area (Å²) < 4.78 is 15.6. The van der Waals surface area contributed by atoms with Crippen molar-refractivity contribution in [2.24, 2.45) is 0 Å². The Kier molecular flexibility index (Phi) is 4.70. The monoisotopic (exact) mass is 338 g/mol. The van der Waals surface area contributed by atoms with Crippen LogP contribution in [-0.4, -0.2) is 25.3 Å². The number of carbonyl (C=O) groups excluding carboxylic acids is 1. The van der Waals surface area contributed by atoms with Gasteiger partial charge in [-0.05, 0) is 19.1 Å². The summed E-state index contributed by atoms with van der Waals surface area (Å²) in [6.07, 6.45) is 0. The van der Waals surface area contributed by atoms with Crippen molar-refractivity contribution >= 4 is 11.6 Å². The van der Waals surface area contributed by atoms with Crippen molar-refractivity contribution in [3.8, 4) is 22.8 Å². The molecule has 3 aromatic rings. The highest BCUT2D eigenvalue weighted by Gasteiger charge is 2.16. The third-order valence-electron chi connectivity index (χ3n) is 3.74. The molecule has 0 unspecified atom stereocenters. The number of nitrogens with one attached hydrogen (secondary N) is 1. The molecule has 1 heterocycles. The fraction of sp³-hybridized carbons (Fsp3) is 0.158. The number of aromatic nitrogens is 1. The average Bonchev–Trinajstić information content (AvgIpc) is 3.12. The van der Waals surface area contributed by atoms with E-state index in [9.17, 15) is 4.79 Å². The molecule has 0 saturated carbocycles. The van der Waals surface area contributed by atoms with Gasteiger partial charge in [-0.3, -0.25) is 4.79 Å². The number of aryl methyl sites for hydroxylation is 1. The Bertz CT molecular complexity index is 885. The normalized spacial score (nSPS) is 10.4. The van der Waals surface area contributed by atoms with Crippen LogP contribution in [0.3, 0.4) is 0 Å². The van der Waals surface area contributed by atoms with E-state index in [2.05, 4.69) is 10.5 Å². The third kappa shape index (κ3) is 3.63. The van der Waals surface area contributed by atoms with E-state index in [0.29, 0.717) is 22.9 Å². The minimum Gasteiger partial charge on any atom is -0.497 e. The van der Waals surface area contributed by atoms with E-state index in [1.54, 1.807) is 31.4 Å². The second kappa shape index (κ2) is 7.09. The number of rotatable bonds is 5. The molecule has 25 heavy (non-hydrogen) atoms. The number of methoxy groups -OCH3 is 2. The fourth-order valence-electron chi connectivity index (χ4n) is 2.34. The van der Waals surface area contributed by atoms with Gasteiger partial charge in [-0.15, -0.1) is 0 Å². The summed E-state index contributed by atoms with van der Waals surface area (Å²) in [5.74, 6) is 0.819. The van der Waals surface area contributed by atoms with Crippen LogP contribution in [0.25, 0.3) is 11.3 Å². The topological polar surface area (TPSA) is 73.6 Å². The van der Waals surface area contributed by atoms with Crippen molar-refractivity contribution in [2.75, 3.05) is 19.5 Å². The van der Waals surface area contributed by atoms with Crippen LogP contribution in [0.15, 0.2) is 53.1 Å². The van der Waals surface area contributed by atoms with Crippen molar-refractivity contribution < 1.29 is 18.8 Å². The molecule has 6 heteroatoms. The number of hydrogen-bond acceptors (Lipinski definition) is 5. The molecule has 0 fully saturated rings. The first-order valence-corrected chi connectivity index (χ1v) is 7.68. The predicted molar refractivity (Wildman–Crippen MR) is 94.2 cm³/mol. The van der Waals surface area contributed by atoms with Gasteiger partial charge >= 0.3 is 0 Å². The Morgan fingerprint density at radius 2 is 1.80 bits per heavy atom. The third-order valence-corrected chi connectivity index (χ3v) is 3.74. The van der Waals surface area contributed by atoms with Crippen LogP contribution >= 0.6 is 0 Å². The quantitative estimate of drug-likeness (QED) is 0.763. The van der Waals surface area contributed by atoms with Crippen LogP contribution in [0.5, 0.6) is 11.5 Å². The highest BCUT2D eigenvalue weighted by Crippen LogP contribution is 2.29. The highest BCUT2D eigenvalue weighted by atomic mass is 16.5. The molecule has 3 rings (SSSR count). The standard InChI is InChI=1S/C19H18N2O4/c1-12-4-6-13(7-5-12)15-11-18(25-21-15)19(22)20-16-10-14(23-2)8-9-17(16)24-3/h4-11H,1-3H3,(H,20,22). The van der Waals surface area contributed by atoms with E-state index >= 15 is 0 Å². The maximum Gasteiger partial charge on any atom is 0.294 e. The lowest BCUT2D eigenvalue weighted by atomic mass is 10.1. The molecular weight excluding hydrogens is 320 g/mol. The molecule has 0 aliphatic heterocycles. The second-order valence-electron chi connectivity index (χ2n) is 5.46. The minimum atomic E-state index is -0.419. The lowest BCUT2D eigenvalue weighted by Crippen LogP contribution is -2.11. The zero-order valence-electron chi connectivity index (χ0n) is 14.2. The van der Waals surface area contributed by atoms with Gasteiger partial charge in [0.1, 0.15) is 17.2 Å². The Morgan fingerprint density at radius 3 is 2.48 bits per heavy atom. The summed E-state index contributed by atoms with van der Waals surface area (Å²) in [7, 11) is 3.08. The largest absolute Gasteiger partial charge is 0.497 e. The van der Waals surface area contributed by atoms with Crippen LogP contribution in [0.2, 0.25) is 0 Å². The van der Waals surface area contributed by atoms with Crippen molar-refractivity contribution in [3.05, 3.63) is 59.9 Å². The Labute approximate surface area is 145 Å². The van der Waals surface area contributed by atoms with E-state index in [1.165, 1.54) is 7.11 Å². The first-order chi connectivity index (χ1) is 12.1. The maximum atomic E-state index is 12.4. The fourth-order valence-corrected chi connectivity index (χ4v) is 2.34. The number of benzene rings is 2. The second-order valence-corrected chi connectivity index (χ2v) is 5.46. The van der Waals surface area contributed by atoms with Gasteiger partial charge < -0.3 is 19.3 Å². The van der Waals surface area contributed by atoms with Crippen LogP contribution in [0.4, 0.5) is 5.69 Å². The summed E-state index contributed by atoms with van der Waals surface area (Å²) in [6, 6.07) is 14.6. The molecule has 0 saturated heterocycles. The SMILES string of the molecule is COc1ccc(OC)c(NC(=O)c2cc(-c3ccc(C)cc3)no2)c1. The van der Waals surface area contributed by atoms with Crippen LogP contribution in [0, 0.1) is 6.92 Å². The highest BCUT2D eigenvalue weighted by molar-refractivity contribution is 6.03. The van der Waals surface area contributed by atoms with Crippen molar-refractivity contribution in [3.63, 3.8) is 0 Å². The van der Waals surface area contributed by atoms with Gasteiger partial charge in [0.2, 0.25) is 5.76 Å². The molecule has 128 valence electrons. The van der Waals surface area contributed by atoms with Gasteiger partial charge in [0, 0.05) is 17.7 Å². The molecule has 0 bridgehead atoms. The van der Waals surface area contributed by atoms with Gasteiger partial charge in [-0.2, -0.15) is 0 Å². The summed E-state index contributed by atoms with van der Waals surface area (Å²) in [5, 5.41) is 6.71. The number of amides is 1. The molecular formula is C19H18N2O4. The average molecular weight is 338 g/mol. The molecule has 0 aliphatic carbocycles. The smallest absolute Gasteiger partial charge is 0.294 e. The van der Waals surface area contributed by atoms with Crippen LogP contribution < -0.4 is 14.8 Å². The zero-order chi connectivity index (χ0) is 17.8. The Balaban J connectivity index is 1.81. The van der Waals surface area contributed by atoms with Crippen molar-refractivity contribution in [1.82, 2.24) is 5.16 Å². The lowest BCUT2D eigenvalue weighted by molar-refractivity contribution is 0.0987. The van der Waals surface area contributed by atoms with Crippen LogP contribution in [-0.2, 0) is 0 Å². The molecule has 0 atom stereocenters. The molecule has 1 N–H and O–H groups in total. The van der Waals surface area contributed by atoms with Gasteiger partial charge in [-0.25, -0.2) is 0 Å². The summed E-state index contributed by atoms with van der Waals surface area (Å²) in [5.41, 5.74) is 3.12. The number of hydrogen-bond donors (Lipinski definition) is 1. The van der Waals surface area contributed by atoms with E-state index < -0.39 is 5.91 Å². The number of anilines is 1. The number of ether oxygens (including phenoxy) is 2. The molecule has 0 aliphatic rings. The Morgan fingerprint density at radius 1 is 1.04 bits per heavy atom. The summed E-state index contributed by atoms with van der Waals surface area (Å²) >= 11 is 0. The molecule has 2 aromatic carbocycles. The predicted octanol–water partition coefficient (Wildman–Crippen LogP) is 3.92. The first-order valence-electron chi connectivity index (χ1n) is 7.68. The minimum absolute atomic E-state index is 0.112. The zero-order valence-corrected chi connectivity index (χ0v) is 14.2. The summed E-state index contributed by atoms with van der Waals surface area (Å²) in [6.45, 7) is 2.01. The van der Waals surface area contributed by atoms with Crippen molar-refractivity contribution in [2.45, 2.75) is 6.92 Å². The number of nitrogens with zero attached hydrogens (tertiary/aromatic N) is 1. The molecule has 0 radical (unpaired) electrons. The van der Waals surface area contributed by atoms with E-state index in [1.807, 2.05) is 31.2 Å². The van der Waals surface area contributed by atoms with E-state index in [-0.39, 0.29) is 5.76 Å². The lowest BCUT2D eigenvalue weighted by Gasteiger charge is -2.10. The molecule has 1 amide bonds. The van der Waals surface area contributed by atoms with Gasteiger partial charge in [0.05, 0.1) is 19.9 Å². The van der Waals surface area contributed by atoms with Gasteiger partial charge in [0.25, 0.3) is 5.91 Å². The molecule has 1 aromatic heterocycles. The Hall–Kier alpha value is -3.28. The summed E-state index contributed by atoms with van der Waals surface area (Å²) in [4.78, 5) is 12.4. The van der Waals surface area contributed by atoms with Crippen LogP contribution in [0.1, 0.15) is 16.1 Å². The van der Waals surface area contributed by atoms with Gasteiger partial charge in [0.15, 0.2) is 0 Å². The van der Waals surface area contributed by atoms with Gasteiger partial charge in [-0.1, -0.05) is 35.0 Å². The van der Waals surface area contributed by atoms with E-state index in [0.717, 1.165) is 11.1 Å².